The fourth-order valence-electron chi connectivity index (χ4n) is 2.40. The predicted octanol–water partition coefficient (Wildman–Crippen LogP) is 0.951. The monoisotopic (exact) mass is 283 g/mol. The summed E-state index contributed by atoms with van der Waals surface area (Å²) in [6.45, 7) is 1.39. The third-order valence-corrected chi connectivity index (χ3v) is 3.26. The summed E-state index contributed by atoms with van der Waals surface area (Å²) in [5, 5.41) is 14.9. The predicted molar refractivity (Wildman–Crippen MR) is 78.3 cm³/mol. The van der Waals surface area contributed by atoms with Gasteiger partial charge in [-0.1, -0.05) is 0 Å². The van der Waals surface area contributed by atoms with Crippen molar-refractivity contribution in [2.24, 2.45) is 0 Å². The summed E-state index contributed by atoms with van der Waals surface area (Å²) in [6, 6.07) is 3.20. The van der Waals surface area contributed by atoms with Crippen LogP contribution in [0, 0.1) is 5.41 Å². The molecule has 7 nitrogen and oxygen atoms in total. The number of hydrogen-bond acceptors (Lipinski definition) is 4. The third kappa shape index (κ3) is 1.99. The smallest absolute Gasteiger partial charge is 0.267 e. The van der Waals surface area contributed by atoms with Crippen LogP contribution in [-0.4, -0.2) is 28.8 Å². The van der Waals surface area contributed by atoms with Gasteiger partial charge in [0.1, 0.15) is 5.69 Å². The second kappa shape index (κ2) is 4.55. The molecule has 2 amide bonds. The molecule has 0 unspecified atom stereocenters. The van der Waals surface area contributed by atoms with Crippen molar-refractivity contribution in [2.75, 3.05) is 12.4 Å². The van der Waals surface area contributed by atoms with Crippen LogP contribution in [0.25, 0.3) is 21.8 Å². The molecule has 0 atom stereocenters. The minimum absolute atomic E-state index is 0.224. The van der Waals surface area contributed by atoms with Crippen LogP contribution in [0.2, 0.25) is 0 Å². The van der Waals surface area contributed by atoms with E-state index in [1.165, 1.54) is 13.0 Å². The lowest BCUT2D eigenvalue weighted by Crippen LogP contribution is -2.19. The number of nitrogens with zero attached hydrogens (tertiary/aromatic N) is 1. The number of aromatic nitrogens is 2. The van der Waals surface area contributed by atoms with Gasteiger partial charge in [0.25, 0.3) is 5.91 Å². The number of carbonyl (C=O) groups is 2. The SMILES string of the molecule is CNC(=O)c1cc2cnc3c(=N)cc(NC(C)=O)c([nH]1)c23. The molecule has 3 aromatic rings. The molecule has 2 aromatic heterocycles. The quantitative estimate of drug-likeness (QED) is 0.562. The first-order valence-corrected chi connectivity index (χ1v) is 6.33. The summed E-state index contributed by atoms with van der Waals surface area (Å²) >= 11 is 0. The first-order chi connectivity index (χ1) is 10.0. The van der Waals surface area contributed by atoms with Crippen LogP contribution in [0.5, 0.6) is 0 Å². The number of anilines is 1. The second-order valence-corrected chi connectivity index (χ2v) is 4.73. The van der Waals surface area contributed by atoms with Crippen LogP contribution in [0.3, 0.4) is 0 Å². The maximum absolute atomic E-state index is 11.8. The van der Waals surface area contributed by atoms with E-state index in [1.54, 1.807) is 19.3 Å². The van der Waals surface area contributed by atoms with E-state index in [4.69, 9.17) is 5.41 Å². The van der Waals surface area contributed by atoms with Crippen molar-refractivity contribution in [1.29, 1.82) is 5.41 Å². The van der Waals surface area contributed by atoms with Crippen LogP contribution in [0.1, 0.15) is 17.4 Å². The number of H-pyrrole nitrogens is 1. The second-order valence-electron chi connectivity index (χ2n) is 4.73. The number of pyridine rings is 1. The van der Waals surface area contributed by atoms with E-state index in [-0.39, 0.29) is 17.2 Å². The van der Waals surface area contributed by atoms with E-state index in [2.05, 4.69) is 20.6 Å². The highest BCUT2D eigenvalue weighted by atomic mass is 16.2. The highest BCUT2D eigenvalue weighted by molar-refractivity contribution is 6.15. The zero-order valence-corrected chi connectivity index (χ0v) is 11.5. The average molecular weight is 283 g/mol. The summed E-state index contributed by atoms with van der Waals surface area (Å²) in [5.74, 6) is -0.511. The van der Waals surface area contributed by atoms with E-state index in [1.807, 2.05) is 0 Å². The summed E-state index contributed by atoms with van der Waals surface area (Å²) in [5.41, 5.74) is 1.95. The Bertz CT molecular complexity index is 928. The Labute approximate surface area is 119 Å². The van der Waals surface area contributed by atoms with Crippen LogP contribution in [-0.2, 0) is 4.79 Å². The molecule has 0 spiro atoms. The number of carbonyl (C=O) groups excluding carboxylic acids is 2. The topological polar surface area (TPSA) is 111 Å². The fraction of sp³-hybridized carbons (Fsp3) is 0.143. The van der Waals surface area contributed by atoms with E-state index >= 15 is 0 Å². The van der Waals surface area contributed by atoms with E-state index in [0.717, 1.165) is 10.8 Å². The first kappa shape index (κ1) is 13.0. The third-order valence-electron chi connectivity index (χ3n) is 3.26. The van der Waals surface area contributed by atoms with Gasteiger partial charge in [-0.15, -0.1) is 0 Å². The number of rotatable bonds is 2. The molecular formula is C14H13N5O2. The summed E-state index contributed by atoms with van der Waals surface area (Å²) in [7, 11) is 1.54. The van der Waals surface area contributed by atoms with E-state index in [0.29, 0.717) is 22.4 Å². The van der Waals surface area contributed by atoms with Gasteiger partial charge in [-0.2, -0.15) is 0 Å². The number of hydrogen-bond donors (Lipinski definition) is 4. The van der Waals surface area contributed by atoms with Gasteiger partial charge in [-0.3, -0.25) is 20.0 Å². The standard InChI is InChI=1S/C14H13N5O2/c1-6(20)18-9-4-8(15)12-11-7(5-17-12)3-10(14(21)16-2)19-13(9)11/h3-5,15,19H,1-2H3,(H,16,21)(H,18,20). The van der Waals surface area contributed by atoms with Gasteiger partial charge in [-0.05, 0) is 12.1 Å². The van der Waals surface area contributed by atoms with Gasteiger partial charge in [0.05, 0.1) is 22.1 Å². The first-order valence-electron chi connectivity index (χ1n) is 6.33. The van der Waals surface area contributed by atoms with Crippen LogP contribution < -0.4 is 16.0 Å². The van der Waals surface area contributed by atoms with Crippen molar-refractivity contribution >= 4 is 39.3 Å². The van der Waals surface area contributed by atoms with Gasteiger partial charge in [0.15, 0.2) is 0 Å². The van der Waals surface area contributed by atoms with Crippen molar-refractivity contribution < 1.29 is 9.59 Å². The maximum Gasteiger partial charge on any atom is 0.267 e. The van der Waals surface area contributed by atoms with Gasteiger partial charge < -0.3 is 15.6 Å². The lowest BCUT2D eigenvalue weighted by Gasteiger charge is -2.10. The van der Waals surface area contributed by atoms with E-state index < -0.39 is 0 Å². The molecule has 4 N–H and O–H groups in total. The largest absolute Gasteiger partial charge is 0.354 e. The summed E-state index contributed by atoms with van der Waals surface area (Å²) in [6.07, 6.45) is 1.62. The average Bonchev–Trinajstić information content (AvgIpc) is 2.87. The van der Waals surface area contributed by atoms with Crippen molar-refractivity contribution in [2.45, 2.75) is 6.92 Å². The maximum atomic E-state index is 11.8. The molecule has 0 fully saturated rings. The molecule has 2 heterocycles. The van der Waals surface area contributed by atoms with Gasteiger partial charge in [0, 0.05) is 30.9 Å². The van der Waals surface area contributed by atoms with Crippen LogP contribution in [0.15, 0.2) is 18.3 Å². The minimum atomic E-state index is -0.265. The number of aromatic amines is 1. The molecule has 7 heteroatoms. The van der Waals surface area contributed by atoms with Crippen LogP contribution >= 0.6 is 0 Å². The Morgan fingerprint density at radius 1 is 1.33 bits per heavy atom. The van der Waals surface area contributed by atoms with Gasteiger partial charge >= 0.3 is 0 Å². The Kier molecular flexibility index (Phi) is 2.83. The highest BCUT2D eigenvalue weighted by Crippen LogP contribution is 2.28. The molecule has 0 saturated heterocycles. The summed E-state index contributed by atoms with van der Waals surface area (Å²) < 4.78 is 0. The van der Waals surface area contributed by atoms with Crippen molar-refractivity contribution in [3.05, 3.63) is 29.4 Å². The van der Waals surface area contributed by atoms with Gasteiger partial charge in [0.2, 0.25) is 5.91 Å². The van der Waals surface area contributed by atoms with Gasteiger partial charge in [-0.25, -0.2) is 0 Å². The Morgan fingerprint density at radius 3 is 2.76 bits per heavy atom. The number of nitrogens with one attached hydrogen (secondary N) is 4. The molecular weight excluding hydrogens is 270 g/mol. The molecule has 106 valence electrons. The number of benzene rings is 1. The van der Waals surface area contributed by atoms with Crippen molar-refractivity contribution in [3.8, 4) is 0 Å². The molecule has 0 saturated carbocycles. The summed E-state index contributed by atoms with van der Waals surface area (Å²) in [4.78, 5) is 30.4. The minimum Gasteiger partial charge on any atom is -0.354 e. The van der Waals surface area contributed by atoms with E-state index in [9.17, 15) is 9.59 Å². The molecule has 0 radical (unpaired) electrons. The lowest BCUT2D eigenvalue weighted by molar-refractivity contribution is -0.114. The molecule has 1 aromatic carbocycles. The molecule has 0 aliphatic carbocycles. The molecule has 0 aliphatic heterocycles. The number of amides is 2. The Balaban J connectivity index is 2.41. The Hall–Kier alpha value is -2.96. The van der Waals surface area contributed by atoms with Crippen molar-refractivity contribution in [1.82, 2.24) is 15.3 Å². The van der Waals surface area contributed by atoms with Crippen molar-refractivity contribution in [3.63, 3.8) is 0 Å². The fourth-order valence-corrected chi connectivity index (χ4v) is 2.40. The molecule has 0 aliphatic rings. The zero-order valence-electron chi connectivity index (χ0n) is 11.5. The van der Waals surface area contributed by atoms with Crippen LogP contribution in [0.4, 0.5) is 5.69 Å². The molecule has 21 heavy (non-hydrogen) atoms. The zero-order chi connectivity index (χ0) is 15.1. The Morgan fingerprint density at radius 2 is 2.10 bits per heavy atom. The molecule has 3 rings (SSSR count). The lowest BCUT2D eigenvalue weighted by atomic mass is 10.1. The normalized spacial score (nSPS) is 11.0. The molecule has 0 bridgehead atoms. The highest BCUT2D eigenvalue weighted by Gasteiger charge is 2.15.